The molecule has 7 nitrogen and oxygen atoms in total. The van der Waals surface area contributed by atoms with E-state index in [2.05, 4.69) is 5.32 Å². The van der Waals surface area contributed by atoms with Crippen LogP contribution in [0.4, 0.5) is 11.4 Å². The van der Waals surface area contributed by atoms with Crippen LogP contribution in [0.3, 0.4) is 0 Å². The summed E-state index contributed by atoms with van der Waals surface area (Å²) < 4.78 is 0. The Labute approximate surface area is 180 Å². The van der Waals surface area contributed by atoms with Gasteiger partial charge in [-0.1, -0.05) is 37.1 Å². The summed E-state index contributed by atoms with van der Waals surface area (Å²) in [6.07, 6.45) is 4.32. The lowest BCUT2D eigenvalue weighted by atomic mass is 10.1. The number of anilines is 1. The first kappa shape index (κ1) is 21.8. The third kappa shape index (κ3) is 6.06. The maximum Gasteiger partial charge on any atom is 0.269 e. The second-order valence-corrected chi connectivity index (χ2v) is 8.20. The van der Waals surface area contributed by atoms with Crippen LogP contribution in [0.5, 0.6) is 0 Å². The third-order valence-electron chi connectivity index (χ3n) is 4.97. The van der Waals surface area contributed by atoms with Gasteiger partial charge in [0.2, 0.25) is 5.91 Å². The number of carbonyl (C=O) groups is 2. The van der Waals surface area contributed by atoms with Crippen molar-refractivity contribution in [3.05, 3.63) is 69.8 Å². The Kier molecular flexibility index (Phi) is 7.84. The van der Waals surface area contributed by atoms with E-state index in [1.165, 1.54) is 23.9 Å². The van der Waals surface area contributed by atoms with Crippen molar-refractivity contribution in [1.29, 1.82) is 0 Å². The molecule has 0 unspecified atom stereocenters. The van der Waals surface area contributed by atoms with Gasteiger partial charge in [0.05, 0.1) is 21.9 Å². The van der Waals surface area contributed by atoms with E-state index in [4.69, 9.17) is 0 Å². The molecule has 1 saturated heterocycles. The number of rotatable bonds is 7. The molecular weight excluding hydrogens is 402 g/mol. The Bertz CT molecular complexity index is 894. The van der Waals surface area contributed by atoms with Crippen LogP contribution in [-0.2, 0) is 10.5 Å². The lowest BCUT2D eigenvalue weighted by Crippen LogP contribution is -2.32. The highest BCUT2D eigenvalue weighted by Gasteiger charge is 2.20. The molecule has 3 rings (SSSR count). The van der Waals surface area contributed by atoms with Crippen molar-refractivity contribution in [2.75, 3.05) is 24.2 Å². The first-order valence-corrected chi connectivity index (χ1v) is 11.2. The Balaban J connectivity index is 1.55. The van der Waals surface area contributed by atoms with Gasteiger partial charge in [-0.05, 0) is 30.5 Å². The lowest BCUT2D eigenvalue weighted by molar-refractivity contribution is -0.384. The molecule has 158 valence electrons. The van der Waals surface area contributed by atoms with Crippen LogP contribution in [0.15, 0.2) is 48.5 Å². The molecule has 0 bridgehead atoms. The zero-order chi connectivity index (χ0) is 21.3. The molecule has 0 aliphatic carbocycles. The van der Waals surface area contributed by atoms with E-state index >= 15 is 0 Å². The highest BCUT2D eigenvalue weighted by molar-refractivity contribution is 7.99. The van der Waals surface area contributed by atoms with E-state index in [1.807, 2.05) is 11.0 Å². The number of carbonyl (C=O) groups excluding carboxylic acids is 2. The number of nitrogens with one attached hydrogen (secondary N) is 1. The Morgan fingerprint density at radius 1 is 1.00 bits per heavy atom. The van der Waals surface area contributed by atoms with Gasteiger partial charge in [0, 0.05) is 31.0 Å². The van der Waals surface area contributed by atoms with Crippen LogP contribution < -0.4 is 5.32 Å². The standard InChI is InChI=1S/C22H25N3O4S/c26-21(16-30-15-17-9-11-18(12-10-17)25(28)29)23-20-8-4-3-7-19(20)22(27)24-13-5-1-2-6-14-24/h3-4,7-12H,1-2,5-6,13-16H2,(H,23,26). The summed E-state index contributed by atoms with van der Waals surface area (Å²) in [4.78, 5) is 37.5. The number of nitro benzene ring substituents is 1. The van der Waals surface area contributed by atoms with Crippen LogP contribution in [-0.4, -0.2) is 40.5 Å². The Morgan fingerprint density at radius 3 is 2.33 bits per heavy atom. The average Bonchev–Trinajstić information content (AvgIpc) is 3.03. The van der Waals surface area contributed by atoms with Gasteiger partial charge in [-0.25, -0.2) is 0 Å². The van der Waals surface area contributed by atoms with Gasteiger partial charge in [-0.2, -0.15) is 0 Å². The molecule has 30 heavy (non-hydrogen) atoms. The van der Waals surface area contributed by atoms with Crippen molar-refractivity contribution in [3.63, 3.8) is 0 Å². The summed E-state index contributed by atoms with van der Waals surface area (Å²) in [6, 6.07) is 13.4. The number of non-ortho nitro benzene ring substituents is 1. The number of amides is 2. The van der Waals surface area contributed by atoms with E-state index in [1.54, 1.807) is 30.3 Å². The van der Waals surface area contributed by atoms with E-state index in [-0.39, 0.29) is 23.3 Å². The van der Waals surface area contributed by atoms with Crippen LogP contribution >= 0.6 is 11.8 Å². The van der Waals surface area contributed by atoms with Crippen molar-refractivity contribution < 1.29 is 14.5 Å². The quantitative estimate of drug-likeness (QED) is 0.519. The first-order chi connectivity index (χ1) is 14.5. The van der Waals surface area contributed by atoms with Gasteiger partial charge in [-0.3, -0.25) is 19.7 Å². The van der Waals surface area contributed by atoms with Crippen LogP contribution in [0.25, 0.3) is 0 Å². The highest BCUT2D eigenvalue weighted by Crippen LogP contribution is 2.21. The molecule has 0 atom stereocenters. The van der Waals surface area contributed by atoms with Crippen molar-refractivity contribution in [3.8, 4) is 0 Å². The van der Waals surface area contributed by atoms with Crippen LogP contribution in [0, 0.1) is 10.1 Å². The first-order valence-electron chi connectivity index (χ1n) is 10.0. The highest BCUT2D eigenvalue weighted by atomic mass is 32.2. The van der Waals surface area contributed by atoms with Crippen molar-refractivity contribution in [1.82, 2.24) is 4.90 Å². The molecule has 1 N–H and O–H groups in total. The number of benzene rings is 2. The van der Waals surface area contributed by atoms with E-state index in [0.717, 1.165) is 44.3 Å². The molecule has 1 heterocycles. The monoisotopic (exact) mass is 427 g/mol. The van der Waals surface area contributed by atoms with E-state index < -0.39 is 4.92 Å². The minimum absolute atomic E-state index is 0.0358. The lowest BCUT2D eigenvalue weighted by Gasteiger charge is -2.22. The van der Waals surface area contributed by atoms with Gasteiger partial charge in [-0.15, -0.1) is 11.8 Å². The van der Waals surface area contributed by atoms with Gasteiger partial charge in [0.1, 0.15) is 0 Å². The fourth-order valence-electron chi connectivity index (χ4n) is 3.38. The maximum absolute atomic E-state index is 13.0. The molecule has 0 spiro atoms. The number of hydrogen-bond acceptors (Lipinski definition) is 5. The van der Waals surface area contributed by atoms with Crippen molar-refractivity contribution in [2.45, 2.75) is 31.4 Å². The van der Waals surface area contributed by atoms with Crippen molar-refractivity contribution >= 4 is 35.0 Å². The zero-order valence-corrected chi connectivity index (χ0v) is 17.5. The fourth-order valence-corrected chi connectivity index (χ4v) is 4.17. The summed E-state index contributed by atoms with van der Waals surface area (Å²) in [5, 5.41) is 13.6. The molecular formula is C22H25N3O4S. The number of thioether (sulfide) groups is 1. The molecule has 2 amide bonds. The summed E-state index contributed by atoms with van der Waals surface area (Å²) in [5.74, 6) is 0.576. The minimum Gasteiger partial charge on any atom is -0.339 e. The molecule has 0 aromatic heterocycles. The molecule has 1 fully saturated rings. The second-order valence-electron chi connectivity index (χ2n) is 7.22. The predicted octanol–water partition coefficient (Wildman–Crippen LogP) is 4.48. The largest absolute Gasteiger partial charge is 0.339 e. The average molecular weight is 428 g/mol. The number of likely N-dealkylation sites (tertiary alicyclic amines) is 1. The van der Waals surface area contributed by atoms with Gasteiger partial charge in [0.25, 0.3) is 11.6 Å². The smallest absolute Gasteiger partial charge is 0.269 e. The Morgan fingerprint density at radius 2 is 1.67 bits per heavy atom. The molecule has 2 aromatic carbocycles. The Hall–Kier alpha value is -2.87. The van der Waals surface area contributed by atoms with Crippen molar-refractivity contribution in [2.24, 2.45) is 0 Å². The van der Waals surface area contributed by atoms with Gasteiger partial charge < -0.3 is 10.2 Å². The molecule has 1 aliphatic heterocycles. The van der Waals surface area contributed by atoms with Crippen LogP contribution in [0.1, 0.15) is 41.6 Å². The second kappa shape index (κ2) is 10.8. The molecule has 1 aliphatic rings. The minimum atomic E-state index is -0.436. The molecule has 2 aromatic rings. The van der Waals surface area contributed by atoms with E-state index in [9.17, 15) is 19.7 Å². The number of nitrogens with zero attached hydrogens (tertiary/aromatic N) is 2. The maximum atomic E-state index is 13.0. The summed E-state index contributed by atoms with van der Waals surface area (Å²) in [7, 11) is 0. The molecule has 0 radical (unpaired) electrons. The predicted molar refractivity (Wildman–Crippen MR) is 119 cm³/mol. The normalized spacial score (nSPS) is 14.1. The van der Waals surface area contributed by atoms with E-state index in [0.29, 0.717) is 17.0 Å². The zero-order valence-electron chi connectivity index (χ0n) is 16.7. The summed E-state index contributed by atoms with van der Waals surface area (Å²) >= 11 is 1.42. The summed E-state index contributed by atoms with van der Waals surface area (Å²) in [6.45, 7) is 1.51. The van der Waals surface area contributed by atoms with Gasteiger partial charge in [0.15, 0.2) is 0 Å². The van der Waals surface area contributed by atoms with Gasteiger partial charge >= 0.3 is 0 Å². The molecule has 0 saturated carbocycles. The number of hydrogen-bond donors (Lipinski definition) is 1. The van der Waals surface area contributed by atoms with Crippen LogP contribution in [0.2, 0.25) is 0 Å². The topological polar surface area (TPSA) is 92.5 Å². The summed E-state index contributed by atoms with van der Waals surface area (Å²) in [5.41, 5.74) is 2.02. The number of para-hydroxylation sites is 1. The molecule has 8 heteroatoms. The SMILES string of the molecule is O=C(CSCc1ccc([N+](=O)[O-])cc1)Nc1ccccc1C(=O)N1CCCCCC1. The third-order valence-corrected chi connectivity index (χ3v) is 5.98. The number of nitro groups is 1. The fraction of sp³-hybridized carbons (Fsp3) is 0.364.